The van der Waals surface area contributed by atoms with Gasteiger partial charge in [-0.1, -0.05) is 0 Å². The first-order valence-electron chi connectivity index (χ1n) is 6.94. The standard InChI is InChI=1S/C14H18F3N5O/c1-9-11(10(2)22(19-9)8-14(15,16)17)7-13(23)20(3)12-5-6-18-21(12)4/h5-6H,7-8H2,1-4H3. The summed E-state index contributed by atoms with van der Waals surface area (Å²) in [5, 5.41) is 7.88. The molecule has 2 aromatic heterocycles. The van der Waals surface area contributed by atoms with E-state index in [1.807, 2.05) is 0 Å². The molecule has 2 rings (SSSR count). The van der Waals surface area contributed by atoms with Crippen LogP contribution < -0.4 is 4.90 Å². The van der Waals surface area contributed by atoms with Crippen molar-refractivity contribution in [3.63, 3.8) is 0 Å². The van der Waals surface area contributed by atoms with Crippen LogP contribution in [-0.2, 0) is 24.8 Å². The van der Waals surface area contributed by atoms with Gasteiger partial charge in [-0.25, -0.2) is 0 Å². The molecule has 126 valence electrons. The lowest BCUT2D eigenvalue weighted by Gasteiger charge is -2.17. The summed E-state index contributed by atoms with van der Waals surface area (Å²) in [4.78, 5) is 13.8. The molecule has 0 fully saturated rings. The van der Waals surface area contributed by atoms with Crippen molar-refractivity contribution in [2.45, 2.75) is 33.0 Å². The van der Waals surface area contributed by atoms with Crippen LogP contribution in [0.5, 0.6) is 0 Å². The average molecular weight is 329 g/mol. The Bertz CT molecular complexity index is 717. The molecule has 0 spiro atoms. The van der Waals surface area contributed by atoms with E-state index >= 15 is 0 Å². The Hall–Kier alpha value is -2.32. The highest BCUT2D eigenvalue weighted by atomic mass is 19.4. The van der Waals surface area contributed by atoms with Crippen LogP contribution >= 0.6 is 0 Å². The van der Waals surface area contributed by atoms with E-state index < -0.39 is 12.7 Å². The summed E-state index contributed by atoms with van der Waals surface area (Å²) in [5.74, 6) is 0.361. The summed E-state index contributed by atoms with van der Waals surface area (Å²) in [5.41, 5.74) is 1.30. The van der Waals surface area contributed by atoms with Crippen LogP contribution in [-0.4, -0.2) is 38.7 Å². The maximum absolute atomic E-state index is 12.5. The van der Waals surface area contributed by atoms with Crippen LogP contribution in [0.2, 0.25) is 0 Å². The number of nitrogens with zero attached hydrogens (tertiary/aromatic N) is 5. The maximum atomic E-state index is 12.5. The first kappa shape index (κ1) is 17.0. The number of aryl methyl sites for hydroxylation is 2. The minimum Gasteiger partial charge on any atom is -0.300 e. The third kappa shape index (κ3) is 3.72. The predicted molar refractivity (Wildman–Crippen MR) is 78.1 cm³/mol. The van der Waals surface area contributed by atoms with E-state index in [1.54, 1.807) is 44.9 Å². The van der Waals surface area contributed by atoms with Crippen LogP contribution in [0.1, 0.15) is 17.0 Å². The lowest BCUT2D eigenvalue weighted by atomic mass is 10.1. The fourth-order valence-electron chi connectivity index (χ4n) is 2.41. The molecular weight excluding hydrogens is 311 g/mol. The zero-order valence-electron chi connectivity index (χ0n) is 13.3. The Morgan fingerprint density at radius 3 is 2.52 bits per heavy atom. The zero-order chi connectivity index (χ0) is 17.4. The molecule has 0 aromatic carbocycles. The van der Waals surface area contributed by atoms with E-state index in [0.717, 1.165) is 4.68 Å². The van der Waals surface area contributed by atoms with Crippen LogP contribution in [0.3, 0.4) is 0 Å². The molecule has 0 aliphatic carbocycles. The molecule has 0 aliphatic rings. The molecule has 0 unspecified atom stereocenters. The van der Waals surface area contributed by atoms with Gasteiger partial charge in [0.1, 0.15) is 12.4 Å². The number of rotatable bonds is 4. The Morgan fingerprint density at radius 1 is 1.35 bits per heavy atom. The summed E-state index contributed by atoms with van der Waals surface area (Å²) in [7, 11) is 3.31. The second-order valence-electron chi connectivity index (χ2n) is 5.36. The molecular formula is C14H18F3N5O. The molecule has 0 N–H and O–H groups in total. The monoisotopic (exact) mass is 329 g/mol. The first-order valence-corrected chi connectivity index (χ1v) is 6.94. The minimum absolute atomic E-state index is 0.0167. The molecule has 0 saturated heterocycles. The largest absolute Gasteiger partial charge is 0.408 e. The van der Waals surface area contributed by atoms with Gasteiger partial charge in [0, 0.05) is 31.4 Å². The molecule has 1 amide bonds. The number of amides is 1. The fourth-order valence-corrected chi connectivity index (χ4v) is 2.41. The number of hydrogen-bond acceptors (Lipinski definition) is 3. The SMILES string of the molecule is Cc1nn(CC(F)(F)F)c(C)c1CC(=O)N(C)c1ccnn1C. The highest BCUT2D eigenvalue weighted by Crippen LogP contribution is 2.22. The van der Waals surface area contributed by atoms with E-state index in [-0.39, 0.29) is 12.3 Å². The predicted octanol–water partition coefficient (Wildman–Crippen LogP) is 2.00. The molecule has 0 aliphatic heterocycles. The second kappa shape index (κ2) is 6.05. The van der Waals surface area contributed by atoms with Gasteiger partial charge >= 0.3 is 6.18 Å². The van der Waals surface area contributed by atoms with E-state index in [2.05, 4.69) is 10.2 Å². The highest BCUT2D eigenvalue weighted by molar-refractivity contribution is 5.93. The molecule has 6 nitrogen and oxygen atoms in total. The smallest absolute Gasteiger partial charge is 0.300 e. The van der Waals surface area contributed by atoms with E-state index in [1.165, 1.54) is 4.90 Å². The van der Waals surface area contributed by atoms with Crippen molar-refractivity contribution in [1.29, 1.82) is 0 Å². The van der Waals surface area contributed by atoms with E-state index in [0.29, 0.717) is 22.8 Å². The third-order valence-electron chi connectivity index (χ3n) is 3.70. The van der Waals surface area contributed by atoms with Crippen LogP contribution in [0.4, 0.5) is 19.0 Å². The van der Waals surface area contributed by atoms with Crippen LogP contribution in [0, 0.1) is 13.8 Å². The molecule has 0 atom stereocenters. The summed E-state index contributed by atoms with van der Waals surface area (Å²) in [6.07, 6.45) is -2.80. The highest BCUT2D eigenvalue weighted by Gasteiger charge is 2.30. The van der Waals surface area contributed by atoms with E-state index in [9.17, 15) is 18.0 Å². The Balaban J connectivity index is 2.20. The van der Waals surface area contributed by atoms with Gasteiger partial charge < -0.3 is 0 Å². The Morgan fingerprint density at radius 2 is 2.00 bits per heavy atom. The summed E-state index contributed by atoms with van der Waals surface area (Å²) in [6.45, 7) is 1.98. The Labute approximate surface area is 131 Å². The number of anilines is 1. The molecule has 0 radical (unpaired) electrons. The maximum Gasteiger partial charge on any atom is 0.408 e. The van der Waals surface area contributed by atoms with Gasteiger partial charge in [-0.2, -0.15) is 23.4 Å². The number of hydrogen-bond donors (Lipinski definition) is 0. The van der Waals surface area contributed by atoms with Crippen LogP contribution in [0.15, 0.2) is 12.3 Å². The van der Waals surface area contributed by atoms with Gasteiger partial charge in [0.25, 0.3) is 0 Å². The normalized spacial score (nSPS) is 11.8. The fraction of sp³-hybridized carbons (Fsp3) is 0.500. The third-order valence-corrected chi connectivity index (χ3v) is 3.70. The quantitative estimate of drug-likeness (QED) is 0.862. The van der Waals surface area contributed by atoms with Gasteiger partial charge in [-0.15, -0.1) is 0 Å². The van der Waals surface area contributed by atoms with Crippen molar-refractivity contribution in [2.24, 2.45) is 7.05 Å². The number of likely N-dealkylation sites (N-methyl/N-ethyl adjacent to an activating group) is 1. The lowest BCUT2D eigenvalue weighted by molar-refractivity contribution is -0.142. The number of halogens is 3. The minimum atomic E-state index is -4.35. The molecule has 2 heterocycles. The lowest BCUT2D eigenvalue weighted by Crippen LogP contribution is -2.30. The number of carbonyl (C=O) groups excluding carboxylic acids is 1. The van der Waals surface area contributed by atoms with Gasteiger partial charge in [-0.3, -0.25) is 19.1 Å². The molecule has 0 bridgehead atoms. The van der Waals surface area contributed by atoms with Crippen molar-refractivity contribution in [3.05, 3.63) is 29.2 Å². The second-order valence-corrected chi connectivity index (χ2v) is 5.36. The van der Waals surface area contributed by atoms with Gasteiger partial charge in [0.15, 0.2) is 0 Å². The van der Waals surface area contributed by atoms with Crippen molar-refractivity contribution < 1.29 is 18.0 Å². The van der Waals surface area contributed by atoms with Crippen molar-refractivity contribution in [1.82, 2.24) is 19.6 Å². The number of alkyl halides is 3. The van der Waals surface area contributed by atoms with E-state index in [4.69, 9.17) is 0 Å². The first-order chi connectivity index (χ1) is 10.6. The van der Waals surface area contributed by atoms with Crippen molar-refractivity contribution >= 4 is 11.7 Å². The molecule has 23 heavy (non-hydrogen) atoms. The molecule has 0 saturated carbocycles. The van der Waals surface area contributed by atoms with Crippen molar-refractivity contribution in [3.8, 4) is 0 Å². The number of aromatic nitrogens is 4. The van der Waals surface area contributed by atoms with Gasteiger partial charge in [0.05, 0.1) is 18.3 Å². The average Bonchev–Trinajstić information content (AvgIpc) is 2.95. The Kier molecular flexibility index (Phi) is 4.49. The molecule has 9 heteroatoms. The number of carbonyl (C=O) groups is 1. The zero-order valence-corrected chi connectivity index (χ0v) is 13.3. The molecule has 2 aromatic rings. The topological polar surface area (TPSA) is 56.0 Å². The van der Waals surface area contributed by atoms with Gasteiger partial charge in [0.2, 0.25) is 5.91 Å². The summed E-state index contributed by atoms with van der Waals surface area (Å²) in [6, 6.07) is 1.69. The van der Waals surface area contributed by atoms with Gasteiger partial charge in [-0.05, 0) is 13.8 Å². The summed E-state index contributed by atoms with van der Waals surface area (Å²) >= 11 is 0. The van der Waals surface area contributed by atoms with Crippen molar-refractivity contribution in [2.75, 3.05) is 11.9 Å². The van der Waals surface area contributed by atoms with Crippen LogP contribution in [0.25, 0.3) is 0 Å². The summed E-state index contributed by atoms with van der Waals surface area (Å²) < 4.78 is 40.1.